The second-order valence-electron chi connectivity index (χ2n) is 6.97. The lowest BCUT2D eigenvalue weighted by Gasteiger charge is -2.35. The van der Waals surface area contributed by atoms with Gasteiger partial charge in [-0.1, -0.05) is 6.92 Å². The van der Waals surface area contributed by atoms with Crippen LogP contribution in [-0.2, 0) is 0 Å². The van der Waals surface area contributed by atoms with Crippen molar-refractivity contribution in [2.45, 2.75) is 45.6 Å². The number of carbonyl (C=O) groups excluding carboxylic acids is 1. The van der Waals surface area contributed by atoms with Crippen molar-refractivity contribution in [3.63, 3.8) is 0 Å². The van der Waals surface area contributed by atoms with Gasteiger partial charge in [0, 0.05) is 24.3 Å². The number of nitrogens with one attached hydrogen (secondary N) is 1. The van der Waals surface area contributed by atoms with Crippen LogP contribution in [0.15, 0.2) is 24.3 Å². The summed E-state index contributed by atoms with van der Waals surface area (Å²) >= 11 is 0. The predicted molar refractivity (Wildman–Crippen MR) is 110 cm³/mol. The van der Waals surface area contributed by atoms with Crippen molar-refractivity contribution in [3.8, 4) is 11.5 Å². The first-order chi connectivity index (χ1) is 13.5. The van der Waals surface area contributed by atoms with Gasteiger partial charge in [-0.2, -0.15) is 0 Å². The van der Waals surface area contributed by atoms with E-state index in [-0.39, 0.29) is 5.91 Å². The Morgan fingerprint density at radius 1 is 1.21 bits per heavy atom. The molecule has 1 atom stereocenters. The van der Waals surface area contributed by atoms with Crippen molar-refractivity contribution in [3.05, 3.63) is 35.7 Å². The van der Waals surface area contributed by atoms with E-state index in [2.05, 4.69) is 27.1 Å². The molecule has 0 bridgehead atoms. The molecule has 2 heterocycles. The zero-order valence-corrected chi connectivity index (χ0v) is 17.0. The molecular formula is C21H28N4O3. The fourth-order valence-corrected chi connectivity index (χ4v) is 3.57. The van der Waals surface area contributed by atoms with Crippen LogP contribution < -0.4 is 19.7 Å². The Hall–Kier alpha value is -2.83. The Balaban J connectivity index is 1.85. The third kappa shape index (κ3) is 4.35. The number of ether oxygens (including phenoxy) is 2. The lowest BCUT2D eigenvalue weighted by molar-refractivity contribution is 0.102. The normalized spacial score (nSPS) is 16.6. The predicted octanol–water partition coefficient (Wildman–Crippen LogP) is 3.82. The molecule has 1 saturated heterocycles. The van der Waals surface area contributed by atoms with Gasteiger partial charge in [0.2, 0.25) is 5.95 Å². The molecule has 150 valence electrons. The van der Waals surface area contributed by atoms with Crippen LogP contribution >= 0.6 is 0 Å². The first kappa shape index (κ1) is 19.9. The van der Waals surface area contributed by atoms with Crippen LogP contribution in [0, 0.1) is 6.92 Å². The molecule has 0 radical (unpaired) electrons. The molecule has 0 spiro atoms. The van der Waals surface area contributed by atoms with Gasteiger partial charge in [-0.15, -0.1) is 0 Å². The minimum atomic E-state index is -0.291. The van der Waals surface area contributed by atoms with E-state index < -0.39 is 0 Å². The first-order valence-electron chi connectivity index (χ1n) is 9.71. The molecule has 1 fully saturated rings. The highest BCUT2D eigenvalue weighted by molar-refractivity contribution is 6.04. The monoisotopic (exact) mass is 384 g/mol. The van der Waals surface area contributed by atoms with Gasteiger partial charge >= 0.3 is 0 Å². The van der Waals surface area contributed by atoms with E-state index in [9.17, 15) is 4.79 Å². The molecule has 1 N–H and O–H groups in total. The van der Waals surface area contributed by atoms with Gasteiger partial charge in [-0.05, 0) is 50.8 Å². The summed E-state index contributed by atoms with van der Waals surface area (Å²) in [4.78, 5) is 24.3. The number of hydrogen-bond acceptors (Lipinski definition) is 6. The number of nitrogens with zero attached hydrogens (tertiary/aromatic N) is 3. The number of amides is 1. The summed E-state index contributed by atoms with van der Waals surface area (Å²) in [6.07, 6.45) is 4.53. The van der Waals surface area contributed by atoms with E-state index in [1.54, 1.807) is 38.5 Å². The molecule has 1 aromatic heterocycles. The highest BCUT2D eigenvalue weighted by atomic mass is 16.5. The zero-order chi connectivity index (χ0) is 20.1. The van der Waals surface area contributed by atoms with Crippen LogP contribution in [0.4, 0.5) is 11.6 Å². The Bertz CT molecular complexity index is 840. The summed E-state index contributed by atoms with van der Waals surface area (Å²) in [7, 11) is 3.14. The molecule has 28 heavy (non-hydrogen) atoms. The van der Waals surface area contributed by atoms with E-state index >= 15 is 0 Å². The lowest BCUT2D eigenvalue weighted by Crippen LogP contribution is -2.40. The largest absolute Gasteiger partial charge is 0.497 e. The molecule has 1 aliphatic heterocycles. The molecule has 7 heteroatoms. The van der Waals surface area contributed by atoms with Gasteiger partial charge < -0.3 is 19.7 Å². The van der Waals surface area contributed by atoms with E-state index in [0.717, 1.165) is 31.5 Å². The van der Waals surface area contributed by atoms with Crippen molar-refractivity contribution in [1.82, 2.24) is 9.97 Å². The molecule has 1 aromatic carbocycles. The summed E-state index contributed by atoms with van der Waals surface area (Å²) in [6, 6.07) is 7.38. The van der Waals surface area contributed by atoms with Gasteiger partial charge in [0.25, 0.3) is 5.91 Å². The topological polar surface area (TPSA) is 76.6 Å². The van der Waals surface area contributed by atoms with Crippen LogP contribution in [0.2, 0.25) is 0 Å². The van der Waals surface area contributed by atoms with Crippen molar-refractivity contribution in [2.75, 3.05) is 31.0 Å². The fraction of sp³-hybridized carbons (Fsp3) is 0.476. The smallest absolute Gasteiger partial charge is 0.274 e. The van der Waals surface area contributed by atoms with Gasteiger partial charge in [-0.25, -0.2) is 9.97 Å². The lowest BCUT2D eigenvalue weighted by atomic mass is 10.0. The molecule has 1 aliphatic rings. The highest BCUT2D eigenvalue weighted by Gasteiger charge is 2.24. The highest BCUT2D eigenvalue weighted by Crippen LogP contribution is 2.29. The minimum Gasteiger partial charge on any atom is -0.497 e. The Kier molecular flexibility index (Phi) is 6.34. The van der Waals surface area contributed by atoms with Crippen molar-refractivity contribution >= 4 is 17.5 Å². The van der Waals surface area contributed by atoms with Crippen molar-refractivity contribution in [1.29, 1.82) is 0 Å². The van der Waals surface area contributed by atoms with E-state index in [1.807, 2.05) is 6.92 Å². The molecule has 7 nitrogen and oxygen atoms in total. The quantitative estimate of drug-likeness (QED) is 0.816. The number of hydrogen-bond donors (Lipinski definition) is 1. The van der Waals surface area contributed by atoms with E-state index in [1.165, 1.54) is 6.42 Å². The number of aromatic nitrogens is 2. The number of carbonyl (C=O) groups is 1. The maximum absolute atomic E-state index is 12.9. The Morgan fingerprint density at radius 2 is 2.04 bits per heavy atom. The molecule has 1 unspecified atom stereocenters. The van der Waals surface area contributed by atoms with Crippen LogP contribution in [0.1, 0.15) is 48.8 Å². The van der Waals surface area contributed by atoms with Crippen molar-refractivity contribution < 1.29 is 14.3 Å². The Morgan fingerprint density at radius 3 is 2.75 bits per heavy atom. The third-order valence-electron chi connectivity index (χ3n) is 5.09. The summed E-state index contributed by atoms with van der Waals surface area (Å²) in [6.45, 7) is 5.00. The standard InChI is InChI=1S/C21H28N4O3/c1-5-15-8-6-7-11-25(15)21-22-14(2)12-18(24-21)20(26)23-17-10-9-16(27-3)13-19(17)28-4/h9-10,12-13,15H,5-8,11H2,1-4H3,(H,23,26). The number of methoxy groups -OCH3 is 2. The van der Waals surface area contributed by atoms with Gasteiger partial charge in [-0.3, -0.25) is 4.79 Å². The van der Waals surface area contributed by atoms with Gasteiger partial charge in [0.1, 0.15) is 17.2 Å². The number of piperidine rings is 1. The molecule has 2 aromatic rings. The number of benzene rings is 1. The maximum atomic E-state index is 12.9. The molecule has 0 saturated carbocycles. The fourth-order valence-electron chi connectivity index (χ4n) is 3.57. The average molecular weight is 384 g/mol. The number of rotatable bonds is 6. The number of anilines is 2. The van der Waals surface area contributed by atoms with Gasteiger partial charge in [0.05, 0.1) is 19.9 Å². The summed E-state index contributed by atoms with van der Waals surface area (Å²) in [5.74, 6) is 1.53. The van der Waals surface area contributed by atoms with Crippen LogP contribution in [0.5, 0.6) is 11.5 Å². The SMILES string of the molecule is CCC1CCCCN1c1nc(C)cc(C(=O)Nc2ccc(OC)cc2OC)n1. The van der Waals surface area contributed by atoms with Crippen molar-refractivity contribution in [2.24, 2.45) is 0 Å². The molecular weight excluding hydrogens is 356 g/mol. The molecule has 1 amide bonds. The van der Waals surface area contributed by atoms with E-state index in [4.69, 9.17) is 9.47 Å². The maximum Gasteiger partial charge on any atom is 0.274 e. The summed E-state index contributed by atoms with van der Waals surface area (Å²) < 4.78 is 10.6. The summed E-state index contributed by atoms with van der Waals surface area (Å²) in [5, 5.41) is 2.88. The average Bonchev–Trinajstić information content (AvgIpc) is 2.73. The van der Waals surface area contributed by atoms with Crippen LogP contribution in [0.25, 0.3) is 0 Å². The van der Waals surface area contributed by atoms with Gasteiger partial charge in [0.15, 0.2) is 0 Å². The second kappa shape index (κ2) is 8.91. The van der Waals surface area contributed by atoms with E-state index in [0.29, 0.717) is 34.9 Å². The van der Waals surface area contributed by atoms with Crippen LogP contribution in [-0.4, -0.2) is 42.7 Å². The first-order valence-corrected chi connectivity index (χ1v) is 9.71. The Labute approximate surface area is 166 Å². The molecule has 0 aliphatic carbocycles. The second-order valence-corrected chi connectivity index (χ2v) is 6.97. The number of aryl methyl sites for hydroxylation is 1. The minimum absolute atomic E-state index is 0.291. The third-order valence-corrected chi connectivity index (χ3v) is 5.09. The summed E-state index contributed by atoms with van der Waals surface area (Å²) in [5.41, 5.74) is 1.69. The zero-order valence-electron chi connectivity index (χ0n) is 17.0. The van der Waals surface area contributed by atoms with Crippen LogP contribution in [0.3, 0.4) is 0 Å². The molecule has 3 rings (SSSR count).